The molecule has 72 heavy (non-hydrogen) atoms. The lowest BCUT2D eigenvalue weighted by molar-refractivity contribution is -0.265. The number of nitrogens with zero attached hydrogens (tertiary/aromatic N) is 1. The number of hydrogen-bond donors (Lipinski definition) is 5. The minimum Gasteiger partial charge on any atom is -0.460 e. The number of esters is 2. The van der Waals surface area contributed by atoms with E-state index < -0.39 is 120 Å². The van der Waals surface area contributed by atoms with Gasteiger partial charge >= 0.3 is 11.9 Å². The van der Waals surface area contributed by atoms with Crippen LogP contribution >= 0.6 is 0 Å². The lowest BCUT2D eigenvalue weighted by atomic mass is 9.78. The molecule has 4 aliphatic rings. The van der Waals surface area contributed by atoms with Crippen LogP contribution in [0.3, 0.4) is 0 Å². The van der Waals surface area contributed by atoms with E-state index in [2.05, 4.69) is 0 Å². The summed E-state index contributed by atoms with van der Waals surface area (Å²) < 4.78 is 29.4. The minimum absolute atomic E-state index is 0.0247. The van der Waals surface area contributed by atoms with Gasteiger partial charge in [-0.15, -0.1) is 0 Å². The molecule has 3 fully saturated rings. The minimum atomic E-state index is -2.52. The van der Waals surface area contributed by atoms with Crippen LogP contribution in [0.4, 0.5) is 0 Å². The summed E-state index contributed by atoms with van der Waals surface area (Å²) >= 11 is 0. The van der Waals surface area contributed by atoms with Crippen molar-refractivity contribution in [3.63, 3.8) is 0 Å². The van der Waals surface area contributed by atoms with Crippen molar-refractivity contribution in [2.45, 2.75) is 187 Å². The average Bonchev–Trinajstić information content (AvgIpc) is 3.36. The van der Waals surface area contributed by atoms with Gasteiger partial charge < -0.3 is 54.1 Å². The SMILES string of the molecule is CO[C@@H]1C[C@H](C[C@@H](C)[C@@H]2CC(=O)[C@H](C)/C=C(\C)[C@@H](O)[C@@H](OC)C(=O)[C@H](C)C[C@H](C)\C=C/C=C/C=C(\C)[C@@H](O)C[C@@H]3CC[C@@H](C)[C@@](O)(O3)C(=O)C(=O)N3CCCC[C@H]3C(=O)O2)CC[C@H]1OC(=O)C(C)(CO)CO. The van der Waals surface area contributed by atoms with Crippen LogP contribution in [0.5, 0.6) is 0 Å². The molecule has 1 saturated carbocycles. The molecule has 4 rings (SSSR count). The first-order valence-corrected chi connectivity index (χ1v) is 26.0. The topological polar surface area (TPSA) is 253 Å². The van der Waals surface area contributed by atoms with Crippen molar-refractivity contribution in [2.75, 3.05) is 34.0 Å². The maximum Gasteiger partial charge on any atom is 0.329 e. The molecule has 2 bridgehead atoms. The zero-order chi connectivity index (χ0) is 53.7. The molecule has 15 atom stereocenters. The molecule has 3 heterocycles. The van der Waals surface area contributed by atoms with Crippen LogP contribution in [0, 0.1) is 40.9 Å². The van der Waals surface area contributed by atoms with Gasteiger partial charge in [0, 0.05) is 51.4 Å². The molecule has 0 aromatic heterocycles. The number of carbonyl (C=O) groups is 6. The Morgan fingerprint density at radius 1 is 0.875 bits per heavy atom. The number of methoxy groups -OCH3 is 2. The molecule has 17 heteroatoms. The van der Waals surface area contributed by atoms with Crippen molar-refractivity contribution >= 4 is 35.2 Å². The third-order valence-corrected chi connectivity index (χ3v) is 15.6. The lowest BCUT2D eigenvalue weighted by Gasteiger charge is -2.42. The number of ether oxygens (including phenoxy) is 5. The summed E-state index contributed by atoms with van der Waals surface area (Å²) in [6.45, 7) is 12.4. The van der Waals surface area contributed by atoms with Crippen LogP contribution in [0.2, 0.25) is 0 Å². The first-order valence-electron chi connectivity index (χ1n) is 26.0. The summed E-state index contributed by atoms with van der Waals surface area (Å²) in [5.41, 5.74) is -0.548. The Bertz CT molecular complexity index is 1990. The van der Waals surface area contributed by atoms with Crippen LogP contribution in [0.15, 0.2) is 47.6 Å². The number of amides is 1. The molecular formula is C55H85NO16. The summed E-state index contributed by atoms with van der Waals surface area (Å²) in [4.78, 5) is 85.1. The molecule has 0 unspecified atom stereocenters. The zero-order valence-electron chi connectivity index (χ0n) is 44.3. The summed E-state index contributed by atoms with van der Waals surface area (Å²) in [6, 6.07) is -1.22. The van der Waals surface area contributed by atoms with E-state index in [9.17, 15) is 54.3 Å². The van der Waals surface area contributed by atoms with Crippen molar-refractivity contribution < 1.29 is 78.0 Å². The van der Waals surface area contributed by atoms with Crippen molar-refractivity contribution in [1.29, 1.82) is 0 Å². The van der Waals surface area contributed by atoms with E-state index in [1.54, 1.807) is 58.9 Å². The van der Waals surface area contributed by atoms with Gasteiger partial charge in [0.05, 0.1) is 31.5 Å². The van der Waals surface area contributed by atoms with E-state index in [1.807, 2.05) is 26.0 Å². The van der Waals surface area contributed by atoms with Gasteiger partial charge in [-0.1, -0.05) is 71.1 Å². The van der Waals surface area contributed by atoms with Crippen LogP contribution in [-0.2, 0) is 52.5 Å². The highest BCUT2D eigenvalue weighted by atomic mass is 16.6. The fraction of sp³-hybridized carbons (Fsp3) is 0.745. The Morgan fingerprint density at radius 2 is 1.57 bits per heavy atom. The van der Waals surface area contributed by atoms with Crippen molar-refractivity contribution in [1.82, 2.24) is 4.90 Å². The Hall–Kier alpha value is -3.94. The van der Waals surface area contributed by atoms with Gasteiger partial charge in [0.15, 0.2) is 5.78 Å². The number of rotatable bonds is 9. The van der Waals surface area contributed by atoms with Crippen LogP contribution in [0.25, 0.3) is 0 Å². The predicted octanol–water partition coefficient (Wildman–Crippen LogP) is 5.07. The molecule has 0 aromatic rings. The van der Waals surface area contributed by atoms with E-state index in [1.165, 1.54) is 21.1 Å². The Morgan fingerprint density at radius 3 is 2.22 bits per heavy atom. The van der Waals surface area contributed by atoms with Crippen molar-refractivity contribution in [3.8, 4) is 0 Å². The lowest BCUT2D eigenvalue weighted by Crippen LogP contribution is -2.61. The number of aliphatic hydroxyl groups is 5. The Labute approximate surface area is 426 Å². The second-order valence-electron chi connectivity index (χ2n) is 21.6. The normalized spacial score (nSPS) is 37.8. The number of carbonyl (C=O) groups excluding carboxylic acids is 6. The summed E-state index contributed by atoms with van der Waals surface area (Å²) in [5.74, 6) is -9.65. The first kappa shape index (κ1) is 60.6. The number of ketones is 3. The highest BCUT2D eigenvalue weighted by Gasteiger charge is 2.53. The fourth-order valence-corrected chi connectivity index (χ4v) is 10.4. The van der Waals surface area contributed by atoms with E-state index in [4.69, 9.17) is 23.7 Å². The largest absolute Gasteiger partial charge is 0.460 e. The summed E-state index contributed by atoms with van der Waals surface area (Å²) in [6.07, 6.45) is 8.11. The number of aliphatic hydroxyl groups excluding tert-OH is 4. The smallest absolute Gasteiger partial charge is 0.329 e. The first-order chi connectivity index (χ1) is 33.9. The predicted molar refractivity (Wildman–Crippen MR) is 266 cm³/mol. The fourth-order valence-electron chi connectivity index (χ4n) is 10.4. The highest BCUT2D eigenvalue weighted by molar-refractivity contribution is 6.39. The molecule has 17 nitrogen and oxygen atoms in total. The Kier molecular flexibility index (Phi) is 23.2. The van der Waals surface area contributed by atoms with Gasteiger partial charge in [0.25, 0.3) is 11.7 Å². The molecule has 5 N–H and O–H groups in total. The molecular weight excluding hydrogens is 931 g/mol. The maximum absolute atomic E-state index is 14.5. The molecule has 1 aliphatic carbocycles. The van der Waals surface area contributed by atoms with Gasteiger partial charge in [0.1, 0.15) is 41.7 Å². The molecule has 2 saturated heterocycles. The Balaban J connectivity index is 1.68. The molecule has 3 aliphatic heterocycles. The maximum atomic E-state index is 14.5. The summed E-state index contributed by atoms with van der Waals surface area (Å²) in [5, 5.41) is 54.1. The van der Waals surface area contributed by atoms with Gasteiger partial charge in [-0.05, 0) is 114 Å². The highest BCUT2D eigenvalue weighted by Crippen LogP contribution is 2.38. The molecule has 406 valence electrons. The van der Waals surface area contributed by atoms with Gasteiger partial charge in [-0.25, -0.2) is 4.79 Å². The number of cyclic esters (lactones) is 1. The van der Waals surface area contributed by atoms with Crippen molar-refractivity contribution in [3.05, 3.63) is 47.6 Å². The second kappa shape index (κ2) is 27.6. The van der Waals surface area contributed by atoms with Crippen LogP contribution < -0.4 is 0 Å². The van der Waals surface area contributed by atoms with Gasteiger partial charge in [-0.2, -0.15) is 0 Å². The van der Waals surface area contributed by atoms with E-state index in [-0.39, 0.29) is 49.2 Å². The van der Waals surface area contributed by atoms with Gasteiger partial charge in [0.2, 0.25) is 5.79 Å². The zero-order valence-corrected chi connectivity index (χ0v) is 44.3. The number of allylic oxidation sites excluding steroid dienone is 6. The molecule has 0 aromatic carbocycles. The molecule has 1 amide bonds. The standard InChI is InChI=1S/C55H85NO16/c1-32-16-12-11-13-17-33(2)42(59)28-40-21-19-38(7)55(67,72-40)50(63)51(64)56-23-15-14-18-41(56)52(65)70-45(29-43(60)34(3)25-37(6)48(62)49(69-10)47(61)36(5)24-32)35(4)26-39-20-22-44(46(27-39)68-9)71-53(66)54(8,30-57)31-58/h11-13,16-17,25,32,34-36,38-42,44-46,48-49,57-59,62,67H,14-15,18-24,26-31H2,1-10H3/b13-11+,16-12-,33-17+,37-25+/t32-,34-,35-,36-,38-,39+,40+,41+,42+,44-,45+,46-,48-,49+,55-/m1/s1. The number of Topliss-reactive ketones (excluding diaryl/α,β-unsaturated/α-hetero) is 3. The quantitative estimate of drug-likeness (QED) is 0.115. The molecule has 0 spiro atoms. The number of hydrogen-bond acceptors (Lipinski definition) is 16. The second-order valence-corrected chi connectivity index (χ2v) is 21.6. The number of piperidine rings is 1. The van der Waals surface area contributed by atoms with E-state index in [0.29, 0.717) is 68.9 Å². The average molecular weight is 1020 g/mol. The van der Waals surface area contributed by atoms with Crippen molar-refractivity contribution in [2.24, 2.45) is 40.9 Å². The molecule has 0 radical (unpaired) electrons. The number of fused-ring (bicyclic) bond motifs is 3. The third-order valence-electron chi connectivity index (χ3n) is 15.6. The van der Waals surface area contributed by atoms with E-state index in [0.717, 1.165) is 4.90 Å². The third kappa shape index (κ3) is 15.6. The summed E-state index contributed by atoms with van der Waals surface area (Å²) in [7, 11) is 2.85. The van der Waals surface area contributed by atoms with Crippen LogP contribution in [0.1, 0.15) is 132 Å². The van der Waals surface area contributed by atoms with Gasteiger partial charge in [-0.3, -0.25) is 24.0 Å². The van der Waals surface area contributed by atoms with E-state index >= 15 is 0 Å². The van der Waals surface area contributed by atoms with Crippen LogP contribution in [-0.4, -0.2) is 154 Å². The monoisotopic (exact) mass is 1020 g/mol.